The summed E-state index contributed by atoms with van der Waals surface area (Å²) in [5.41, 5.74) is 2.75. The van der Waals surface area contributed by atoms with Gasteiger partial charge in [-0.1, -0.05) is 12.1 Å². The molecule has 0 aliphatic heterocycles. The number of rotatable bonds is 5. The molecule has 1 aromatic heterocycles. The van der Waals surface area contributed by atoms with Crippen molar-refractivity contribution in [3.8, 4) is 5.75 Å². The van der Waals surface area contributed by atoms with E-state index in [4.69, 9.17) is 9.84 Å². The van der Waals surface area contributed by atoms with Gasteiger partial charge in [-0.15, -0.1) is 0 Å². The lowest BCUT2D eigenvalue weighted by Gasteiger charge is -2.12. The van der Waals surface area contributed by atoms with Crippen molar-refractivity contribution in [3.63, 3.8) is 0 Å². The minimum absolute atomic E-state index is 0.200. The Labute approximate surface area is 117 Å². The van der Waals surface area contributed by atoms with Crippen LogP contribution in [0, 0.1) is 6.92 Å². The molecule has 0 amide bonds. The lowest BCUT2D eigenvalue weighted by atomic mass is 10.1. The smallest absolute Gasteiger partial charge is 0.337 e. The van der Waals surface area contributed by atoms with E-state index in [1.165, 1.54) is 18.5 Å². The van der Waals surface area contributed by atoms with Gasteiger partial charge in [0.2, 0.25) is 0 Å². The van der Waals surface area contributed by atoms with Crippen molar-refractivity contribution >= 4 is 11.7 Å². The molecular formula is C15H16N2O3. The molecule has 0 bridgehead atoms. The van der Waals surface area contributed by atoms with E-state index < -0.39 is 5.97 Å². The van der Waals surface area contributed by atoms with Crippen LogP contribution in [0.5, 0.6) is 5.75 Å². The molecule has 0 aliphatic carbocycles. The van der Waals surface area contributed by atoms with Gasteiger partial charge in [-0.3, -0.25) is 4.98 Å². The summed E-state index contributed by atoms with van der Waals surface area (Å²) in [6.45, 7) is 2.46. The first kappa shape index (κ1) is 13.9. The van der Waals surface area contributed by atoms with Gasteiger partial charge in [0.15, 0.2) is 0 Å². The van der Waals surface area contributed by atoms with Crippen LogP contribution in [0.25, 0.3) is 0 Å². The van der Waals surface area contributed by atoms with Gasteiger partial charge < -0.3 is 15.2 Å². The molecule has 5 nitrogen and oxygen atoms in total. The maximum Gasteiger partial charge on any atom is 0.337 e. The molecule has 2 rings (SSSR count). The van der Waals surface area contributed by atoms with Gasteiger partial charge in [0.25, 0.3) is 0 Å². The van der Waals surface area contributed by atoms with Crippen LogP contribution in [-0.2, 0) is 6.54 Å². The molecule has 1 aromatic carbocycles. The number of pyridine rings is 1. The molecule has 104 valence electrons. The van der Waals surface area contributed by atoms with Crippen LogP contribution in [0.1, 0.15) is 21.5 Å². The lowest BCUT2D eigenvalue weighted by Crippen LogP contribution is -2.07. The van der Waals surface area contributed by atoms with Crippen LogP contribution in [-0.4, -0.2) is 23.2 Å². The number of aryl methyl sites for hydroxylation is 1. The van der Waals surface area contributed by atoms with Crippen molar-refractivity contribution in [1.82, 2.24) is 4.98 Å². The Bertz CT molecular complexity index is 626. The summed E-state index contributed by atoms with van der Waals surface area (Å²) < 4.78 is 5.32. The number of aromatic carboxylic acids is 1. The molecule has 2 aromatic rings. The SMILES string of the molecule is COc1cc(C)ccc1CNc1cnccc1C(=O)O. The number of methoxy groups -OCH3 is 1. The Balaban J connectivity index is 2.19. The Morgan fingerprint density at radius 3 is 2.90 bits per heavy atom. The Morgan fingerprint density at radius 2 is 2.20 bits per heavy atom. The van der Waals surface area contributed by atoms with E-state index in [0.29, 0.717) is 12.2 Å². The summed E-state index contributed by atoms with van der Waals surface area (Å²) in [4.78, 5) is 15.0. The number of benzene rings is 1. The summed E-state index contributed by atoms with van der Waals surface area (Å²) >= 11 is 0. The summed E-state index contributed by atoms with van der Waals surface area (Å²) in [5.74, 6) is -0.205. The number of hydrogen-bond donors (Lipinski definition) is 2. The molecule has 5 heteroatoms. The number of nitrogens with zero attached hydrogens (tertiary/aromatic N) is 1. The van der Waals surface area contributed by atoms with Gasteiger partial charge in [0, 0.05) is 18.3 Å². The zero-order chi connectivity index (χ0) is 14.5. The molecule has 0 aliphatic rings. The highest BCUT2D eigenvalue weighted by Crippen LogP contribution is 2.22. The zero-order valence-corrected chi connectivity index (χ0v) is 11.4. The van der Waals surface area contributed by atoms with Crippen LogP contribution in [0.2, 0.25) is 0 Å². The molecule has 0 saturated carbocycles. The van der Waals surface area contributed by atoms with E-state index in [9.17, 15) is 4.79 Å². The highest BCUT2D eigenvalue weighted by molar-refractivity contribution is 5.93. The normalized spacial score (nSPS) is 10.1. The van der Waals surface area contributed by atoms with E-state index >= 15 is 0 Å². The maximum absolute atomic E-state index is 11.1. The maximum atomic E-state index is 11.1. The van der Waals surface area contributed by atoms with E-state index in [-0.39, 0.29) is 5.56 Å². The predicted molar refractivity (Wildman–Crippen MR) is 76.3 cm³/mol. The van der Waals surface area contributed by atoms with Gasteiger partial charge >= 0.3 is 5.97 Å². The van der Waals surface area contributed by atoms with Crippen molar-refractivity contribution in [1.29, 1.82) is 0 Å². The molecule has 0 saturated heterocycles. The number of carboxylic acid groups (broad SMARTS) is 1. The third-order valence-electron chi connectivity index (χ3n) is 2.96. The summed E-state index contributed by atoms with van der Waals surface area (Å²) in [7, 11) is 1.62. The van der Waals surface area contributed by atoms with Crippen molar-refractivity contribution in [2.24, 2.45) is 0 Å². The monoisotopic (exact) mass is 272 g/mol. The van der Waals surface area contributed by atoms with Crippen LogP contribution < -0.4 is 10.1 Å². The minimum atomic E-state index is -0.981. The van der Waals surface area contributed by atoms with Gasteiger partial charge in [-0.25, -0.2) is 4.79 Å². The van der Waals surface area contributed by atoms with Gasteiger partial charge in [-0.2, -0.15) is 0 Å². The van der Waals surface area contributed by atoms with Crippen LogP contribution in [0.4, 0.5) is 5.69 Å². The average Bonchev–Trinajstić information content (AvgIpc) is 2.46. The molecule has 2 N–H and O–H groups in total. The second-order valence-electron chi connectivity index (χ2n) is 4.40. The first-order valence-electron chi connectivity index (χ1n) is 6.16. The van der Waals surface area contributed by atoms with Crippen LogP contribution >= 0.6 is 0 Å². The third-order valence-corrected chi connectivity index (χ3v) is 2.96. The second kappa shape index (κ2) is 6.06. The quantitative estimate of drug-likeness (QED) is 0.875. The first-order valence-corrected chi connectivity index (χ1v) is 6.16. The fourth-order valence-corrected chi connectivity index (χ4v) is 1.91. The van der Waals surface area contributed by atoms with Crippen molar-refractivity contribution in [2.75, 3.05) is 12.4 Å². The molecule has 0 radical (unpaired) electrons. The standard InChI is InChI=1S/C15H16N2O3/c1-10-3-4-11(14(7-10)20-2)8-17-13-9-16-6-5-12(13)15(18)19/h3-7,9,17H,8H2,1-2H3,(H,18,19). The van der Waals surface area contributed by atoms with E-state index in [0.717, 1.165) is 16.9 Å². The number of carbonyl (C=O) groups is 1. The van der Waals surface area contributed by atoms with Gasteiger partial charge in [0.1, 0.15) is 5.75 Å². The number of aromatic nitrogens is 1. The second-order valence-corrected chi connectivity index (χ2v) is 4.40. The van der Waals surface area contributed by atoms with Gasteiger partial charge in [0.05, 0.1) is 24.6 Å². The summed E-state index contributed by atoms with van der Waals surface area (Å²) in [6, 6.07) is 7.36. The highest BCUT2D eigenvalue weighted by Gasteiger charge is 2.10. The Hall–Kier alpha value is -2.56. The lowest BCUT2D eigenvalue weighted by molar-refractivity contribution is 0.0698. The van der Waals surface area contributed by atoms with Crippen molar-refractivity contribution in [3.05, 3.63) is 53.3 Å². The van der Waals surface area contributed by atoms with Crippen LogP contribution in [0.15, 0.2) is 36.7 Å². The number of hydrogen-bond acceptors (Lipinski definition) is 4. The topological polar surface area (TPSA) is 71.5 Å². The largest absolute Gasteiger partial charge is 0.496 e. The van der Waals surface area contributed by atoms with Gasteiger partial charge in [-0.05, 0) is 24.6 Å². The van der Waals surface area contributed by atoms with Crippen LogP contribution in [0.3, 0.4) is 0 Å². The number of ether oxygens (including phenoxy) is 1. The molecule has 1 heterocycles. The number of nitrogens with one attached hydrogen (secondary N) is 1. The Kier molecular flexibility index (Phi) is 4.20. The van der Waals surface area contributed by atoms with Crippen molar-refractivity contribution in [2.45, 2.75) is 13.5 Å². The molecule has 20 heavy (non-hydrogen) atoms. The molecule has 0 fully saturated rings. The predicted octanol–water partition coefficient (Wildman–Crippen LogP) is 2.71. The van der Waals surface area contributed by atoms with Crippen molar-refractivity contribution < 1.29 is 14.6 Å². The number of anilines is 1. The van der Waals surface area contributed by atoms with E-state index in [1.54, 1.807) is 7.11 Å². The number of carboxylic acids is 1. The third kappa shape index (κ3) is 3.06. The highest BCUT2D eigenvalue weighted by atomic mass is 16.5. The first-order chi connectivity index (χ1) is 9.61. The summed E-state index contributed by atoms with van der Waals surface area (Å²) in [5, 5.41) is 12.2. The summed E-state index contributed by atoms with van der Waals surface area (Å²) in [6.07, 6.45) is 2.96. The van der Waals surface area contributed by atoms with E-state index in [2.05, 4.69) is 10.3 Å². The minimum Gasteiger partial charge on any atom is -0.496 e. The average molecular weight is 272 g/mol. The Morgan fingerprint density at radius 1 is 1.40 bits per heavy atom. The molecule has 0 atom stereocenters. The zero-order valence-electron chi connectivity index (χ0n) is 11.4. The molecular weight excluding hydrogens is 256 g/mol. The van der Waals surface area contributed by atoms with E-state index in [1.807, 2.05) is 25.1 Å². The molecule has 0 unspecified atom stereocenters. The fraction of sp³-hybridized carbons (Fsp3) is 0.200. The molecule has 0 spiro atoms. The fourth-order valence-electron chi connectivity index (χ4n) is 1.91.